The molecule has 0 radical (unpaired) electrons. The van der Waals surface area contributed by atoms with Gasteiger partial charge in [0.1, 0.15) is 0 Å². The molecule has 0 amide bonds. The van der Waals surface area contributed by atoms with Gasteiger partial charge in [0.25, 0.3) is 0 Å². The van der Waals surface area contributed by atoms with Crippen LogP contribution in [0.4, 0.5) is 38.9 Å². The summed E-state index contributed by atoms with van der Waals surface area (Å²) in [7, 11) is 0. The van der Waals surface area contributed by atoms with Crippen LogP contribution in [0.3, 0.4) is 0 Å². The Balaban J connectivity index is 1.17. The molecule has 1 saturated heterocycles. The van der Waals surface area contributed by atoms with Gasteiger partial charge >= 0.3 is 0 Å². The molecule has 170 valence electrons. The van der Waals surface area contributed by atoms with Crippen LogP contribution in [0.15, 0.2) is 48.7 Å². The zero-order valence-electron chi connectivity index (χ0n) is 18.4. The van der Waals surface area contributed by atoms with Gasteiger partial charge in [0.2, 0.25) is 5.95 Å². The highest BCUT2D eigenvalue weighted by atomic mass is 19.1. The van der Waals surface area contributed by atoms with E-state index in [1.54, 1.807) is 0 Å². The average Bonchev–Trinajstić information content (AvgIpc) is 3.62. The predicted octanol–water partition coefficient (Wildman–Crippen LogP) is 4.79. The summed E-state index contributed by atoms with van der Waals surface area (Å²) in [5, 5.41) is 9.78. The third kappa shape index (κ3) is 4.06. The number of anilines is 6. The van der Waals surface area contributed by atoms with Crippen LogP contribution < -0.4 is 20.9 Å². The Kier molecular flexibility index (Phi) is 5.02. The maximum atomic E-state index is 14.5. The minimum absolute atomic E-state index is 0.148. The molecule has 1 aliphatic carbocycles. The van der Waals surface area contributed by atoms with Crippen LogP contribution in [-0.4, -0.2) is 42.8 Å². The predicted molar refractivity (Wildman–Crippen MR) is 128 cm³/mol. The molecular weight excluding hydrogens is 419 g/mol. The third-order valence-corrected chi connectivity index (χ3v) is 6.87. The van der Waals surface area contributed by atoms with E-state index in [1.807, 2.05) is 24.3 Å². The summed E-state index contributed by atoms with van der Waals surface area (Å²) in [6.45, 7) is 4.27. The Morgan fingerprint density at radius 1 is 0.970 bits per heavy atom. The topological polar surface area (TPSA) is 74.3 Å². The molecule has 2 fully saturated rings. The van der Waals surface area contributed by atoms with E-state index in [0.717, 1.165) is 55.6 Å². The van der Waals surface area contributed by atoms with Crippen molar-refractivity contribution in [1.82, 2.24) is 9.97 Å². The highest BCUT2D eigenvalue weighted by Crippen LogP contribution is 2.55. The number of nitrogens with one attached hydrogen (secondary N) is 3. The van der Waals surface area contributed by atoms with E-state index in [0.29, 0.717) is 11.4 Å². The van der Waals surface area contributed by atoms with Crippen molar-refractivity contribution in [3.63, 3.8) is 0 Å². The number of nitrogens with zero attached hydrogens (tertiary/aromatic N) is 3. The van der Waals surface area contributed by atoms with Gasteiger partial charge in [-0.3, -0.25) is 0 Å². The monoisotopic (exact) mass is 446 g/mol. The van der Waals surface area contributed by atoms with E-state index < -0.39 is 5.82 Å². The molecule has 1 saturated carbocycles. The lowest BCUT2D eigenvalue weighted by Crippen LogP contribution is -2.36. The van der Waals surface area contributed by atoms with Crippen molar-refractivity contribution in [1.29, 1.82) is 0 Å². The van der Waals surface area contributed by atoms with E-state index in [4.69, 9.17) is 4.74 Å². The average molecular weight is 447 g/mol. The lowest BCUT2D eigenvalue weighted by molar-refractivity contribution is 0.122. The molecule has 3 aliphatic rings. The molecule has 7 nitrogen and oxygen atoms in total. The Morgan fingerprint density at radius 3 is 2.55 bits per heavy atom. The van der Waals surface area contributed by atoms with Crippen molar-refractivity contribution in [2.45, 2.75) is 24.7 Å². The molecule has 33 heavy (non-hydrogen) atoms. The van der Waals surface area contributed by atoms with Gasteiger partial charge in [0.15, 0.2) is 11.6 Å². The van der Waals surface area contributed by atoms with E-state index in [2.05, 4.69) is 49.0 Å². The van der Waals surface area contributed by atoms with E-state index in [1.165, 1.54) is 31.0 Å². The zero-order valence-corrected chi connectivity index (χ0v) is 18.4. The van der Waals surface area contributed by atoms with Crippen molar-refractivity contribution in [3.8, 4) is 0 Å². The van der Waals surface area contributed by atoms with Gasteiger partial charge in [-0.15, -0.1) is 0 Å². The summed E-state index contributed by atoms with van der Waals surface area (Å²) in [5.41, 5.74) is 5.69. The molecule has 2 aromatic carbocycles. The summed E-state index contributed by atoms with van der Waals surface area (Å²) in [4.78, 5) is 10.8. The van der Waals surface area contributed by atoms with Crippen LogP contribution >= 0.6 is 0 Å². The molecular formula is C25H27FN6O. The fourth-order valence-electron chi connectivity index (χ4n) is 4.83. The minimum Gasteiger partial charge on any atom is -0.385 e. The standard InChI is InChI=1S/C25H27FN6O/c26-21-16-28-24(30-17-1-4-19(5-2-17)32-11-13-33-14-12-32)31-23(21)29-18-3-6-20-22(15-18)27-10-9-25(20)7-8-25/h1-6,15-16,27H,7-14H2,(H2,28,29,30,31). The molecule has 1 spiro atoms. The second-order valence-electron chi connectivity index (χ2n) is 9.00. The molecule has 6 rings (SSSR count). The van der Waals surface area contributed by atoms with Crippen molar-refractivity contribution in [2.75, 3.05) is 53.7 Å². The number of benzene rings is 2. The van der Waals surface area contributed by atoms with Gasteiger partial charge in [-0.1, -0.05) is 6.07 Å². The van der Waals surface area contributed by atoms with Gasteiger partial charge in [-0.05, 0) is 66.6 Å². The highest BCUT2D eigenvalue weighted by Gasteiger charge is 2.46. The lowest BCUT2D eigenvalue weighted by Gasteiger charge is -2.28. The van der Waals surface area contributed by atoms with Gasteiger partial charge in [-0.25, -0.2) is 9.37 Å². The van der Waals surface area contributed by atoms with Crippen molar-refractivity contribution >= 4 is 34.5 Å². The maximum Gasteiger partial charge on any atom is 0.229 e. The largest absolute Gasteiger partial charge is 0.385 e. The van der Waals surface area contributed by atoms with Crippen LogP contribution in [-0.2, 0) is 10.2 Å². The summed E-state index contributed by atoms with van der Waals surface area (Å²) >= 11 is 0. The molecule has 3 aromatic rings. The first kappa shape index (κ1) is 20.2. The van der Waals surface area contributed by atoms with Crippen LogP contribution in [0, 0.1) is 5.82 Å². The second-order valence-corrected chi connectivity index (χ2v) is 9.00. The lowest BCUT2D eigenvalue weighted by atomic mass is 9.88. The first-order valence-electron chi connectivity index (χ1n) is 11.6. The van der Waals surface area contributed by atoms with Gasteiger partial charge in [0, 0.05) is 42.4 Å². The molecule has 0 unspecified atom stereocenters. The number of aromatic nitrogens is 2. The van der Waals surface area contributed by atoms with E-state index in [9.17, 15) is 4.39 Å². The molecule has 1 aromatic heterocycles. The molecule has 0 bridgehead atoms. The third-order valence-electron chi connectivity index (χ3n) is 6.87. The first-order chi connectivity index (χ1) is 16.2. The highest BCUT2D eigenvalue weighted by molar-refractivity contribution is 5.69. The Labute approximate surface area is 192 Å². The number of hydrogen-bond donors (Lipinski definition) is 3. The van der Waals surface area contributed by atoms with Gasteiger partial charge < -0.3 is 25.6 Å². The van der Waals surface area contributed by atoms with Gasteiger partial charge in [0.05, 0.1) is 19.4 Å². The normalized spacial score (nSPS) is 18.4. The number of rotatable bonds is 5. The number of ether oxygens (including phenoxy) is 1. The Bertz CT molecular complexity index is 1160. The quantitative estimate of drug-likeness (QED) is 0.520. The van der Waals surface area contributed by atoms with Gasteiger partial charge in [-0.2, -0.15) is 4.98 Å². The van der Waals surface area contributed by atoms with Crippen LogP contribution in [0.5, 0.6) is 0 Å². The number of fused-ring (bicyclic) bond motifs is 2. The maximum absolute atomic E-state index is 14.5. The SMILES string of the molecule is Fc1cnc(Nc2ccc(N3CCOCC3)cc2)nc1Nc1ccc2c(c1)NCCC21CC1. The van der Waals surface area contributed by atoms with Crippen molar-refractivity contribution in [3.05, 3.63) is 60.0 Å². The first-order valence-corrected chi connectivity index (χ1v) is 11.6. The molecule has 3 N–H and O–H groups in total. The zero-order chi connectivity index (χ0) is 22.3. The number of halogens is 1. The second kappa shape index (κ2) is 8.19. The van der Waals surface area contributed by atoms with E-state index >= 15 is 0 Å². The van der Waals surface area contributed by atoms with Crippen LogP contribution in [0.2, 0.25) is 0 Å². The van der Waals surface area contributed by atoms with Crippen LogP contribution in [0.25, 0.3) is 0 Å². The fraction of sp³-hybridized carbons (Fsp3) is 0.360. The summed E-state index contributed by atoms with van der Waals surface area (Å²) in [6.07, 6.45) is 4.90. The number of morpholine rings is 1. The van der Waals surface area contributed by atoms with Crippen molar-refractivity contribution in [2.24, 2.45) is 0 Å². The molecule has 8 heteroatoms. The molecule has 3 heterocycles. The summed E-state index contributed by atoms with van der Waals surface area (Å²) in [5.74, 6) is -0.00655. The molecule has 0 atom stereocenters. The van der Waals surface area contributed by atoms with E-state index in [-0.39, 0.29) is 5.82 Å². The minimum atomic E-state index is -0.493. The van der Waals surface area contributed by atoms with Crippen LogP contribution in [0.1, 0.15) is 24.8 Å². The summed E-state index contributed by atoms with van der Waals surface area (Å²) < 4.78 is 19.9. The van der Waals surface area contributed by atoms with Crippen molar-refractivity contribution < 1.29 is 9.13 Å². The fourth-order valence-corrected chi connectivity index (χ4v) is 4.83. The smallest absolute Gasteiger partial charge is 0.229 e. The Hall–Kier alpha value is -3.39. The Morgan fingerprint density at radius 2 is 1.76 bits per heavy atom. The summed E-state index contributed by atoms with van der Waals surface area (Å²) in [6, 6.07) is 14.3. The number of hydrogen-bond acceptors (Lipinski definition) is 7. The molecule has 2 aliphatic heterocycles.